The van der Waals surface area contributed by atoms with E-state index in [2.05, 4.69) is 98.8 Å². The molecule has 0 spiro atoms. The number of hydrogen-bond donors (Lipinski definition) is 0. The van der Waals surface area contributed by atoms with E-state index in [1.165, 1.54) is 20.5 Å². The zero-order valence-electron chi connectivity index (χ0n) is 19.0. The molecule has 28 heavy (non-hydrogen) atoms. The van der Waals surface area contributed by atoms with E-state index in [9.17, 15) is 0 Å². The first-order valence-corrected chi connectivity index (χ1v) is 10.6. The summed E-state index contributed by atoms with van der Waals surface area (Å²) >= 11 is 2.08. The summed E-state index contributed by atoms with van der Waals surface area (Å²) in [5.74, 6) is 0.920. The Hall–Kier alpha value is -1.44. The third kappa shape index (κ3) is 14.6. The van der Waals surface area contributed by atoms with Crippen molar-refractivity contribution in [1.29, 1.82) is 0 Å². The summed E-state index contributed by atoms with van der Waals surface area (Å²) < 4.78 is 7.03. The Morgan fingerprint density at radius 2 is 1.68 bits per heavy atom. The van der Waals surface area contributed by atoms with E-state index in [1.54, 1.807) is 0 Å². The molecule has 0 unspecified atom stereocenters. The molecule has 1 aromatic carbocycles. The van der Waals surface area contributed by atoms with Gasteiger partial charge in [0.1, 0.15) is 12.4 Å². The van der Waals surface area contributed by atoms with Crippen LogP contribution < -0.4 is 4.74 Å². The van der Waals surface area contributed by atoms with Gasteiger partial charge in [0.25, 0.3) is 0 Å². The summed E-state index contributed by atoms with van der Waals surface area (Å²) in [4.78, 5) is 0. The number of para-hydroxylation sites is 1. The first-order chi connectivity index (χ1) is 13.1. The second kappa shape index (κ2) is 14.5. The van der Waals surface area contributed by atoms with Crippen LogP contribution in [0.2, 0.25) is 0 Å². The van der Waals surface area contributed by atoms with Gasteiger partial charge in [-0.25, -0.2) is 6.08 Å². The van der Waals surface area contributed by atoms with Crippen molar-refractivity contribution in [3.05, 3.63) is 77.4 Å². The Balaban J connectivity index is 0.000000473. The number of hydrogen-bond acceptors (Lipinski definition) is 1. The van der Waals surface area contributed by atoms with Gasteiger partial charge < -0.3 is 4.74 Å². The van der Waals surface area contributed by atoms with Crippen LogP contribution in [0.3, 0.4) is 0 Å². The Kier molecular flexibility index (Phi) is 13.8. The maximum absolute atomic E-state index is 5.62. The van der Waals surface area contributed by atoms with Crippen molar-refractivity contribution in [2.45, 2.75) is 61.8 Å². The Morgan fingerprint density at radius 1 is 1.11 bits per heavy atom. The van der Waals surface area contributed by atoms with Crippen LogP contribution in [-0.4, -0.2) is 10.4 Å². The average Bonchev–Trinajstić information content (AvgIpc) is 3.16. The van der Waals surface area contributed by atoms with Crippen LogP contribution in [0.4, 0.5) is 0 Å². The van der Waals surface area contributed by atoms with E-state index >= 15 is 0 Å². The van der Waals surface area contributed by atoms with E-state index < -0.39 is 0 Å². The average molecular weight is 413 g/mol. The van der Waals surface area contributed by atoms with Crippen molar-refractivity contribution in [2.24, 2.45) is 5.41 Å². The van der Waals surface area contributed by atoms with E-state index in [0.29, 0.717) is 12.0 Å². The van der Waals surface area contributed by atoms with Crippen molar-refractivity contribution in [2.75, 3.05) is 6.61 Å². The minimum absolute atomic E-state index is 0.323. The van der Waals surface area contributed by atoms with Gasteiger partial charge in [0, 0.05) is 0 Å². The van der Waals surface area contributed by atoms with Gasteiger partial charge in [-0.3, -0.25) is 6.08 Å². The molecular formula is C26H37OTi. The Bertz CT molecular complexity index is 694. The summed E-state index contributed by atoms with van der Waals surface area (Å²) in [6.45, 7) is 17.7. The van der Waals surface area contributed by atoms with Gasteiger partial charge in [-0.2, -0.15) is 11.6 Å². The molecule has 0 radical (unpaired) electrons. The van der Waals surface area contributed by atoms with Crippen LogP contribution in [0.25, 0.3) is 0 Å². The fraction of sp³-hybridized carbons (Fsp3) is 0.423. The number of ether oxygens (including phenoxy) is 1. The first kappa shape index (κ1) is 26.6. The molecule has 1 aromatic rings. The quantitative estimate of drug-likeness (QED) is 0.283. The standard InChI is InChI=1S/C14H18O.C9H13.C3H6.Ti/c1-4-12(2)10-13(3)11-15-14-8-6-5-7-9-14;1-9(2,3)8-6-4-5-7-8;1-3-2;/h4-10H,11H2,1-3H3;6-7H,4H2,1-3H3;1-2H3;/q;-1;;+1. The van der Waals surface area contributed by atoms with Gasteiger partial charge in [-0.15, -0.1) is 6.42 Å². The zero-order chi connectivity index (χ0) is 21.6. The fourth-order valence-electron chi connectivity index (χ4n) is 2.15. The van der Waals surface area contributed by atoms with Gasteiger partial charge in [0.05, 0.1) is 0 Å². The molecular weight excluding hydrogens is 376 g/mol. The number of rotatable bonds is 4. The number of allylic oxidation sites excluding steroid dienone is 7. The van der Waals surface area contributed by atoms with Gasteiger partial charge in [-0.1, -0.05) is 62.1 Å². The van der Waals surface area contributed by atoms with Crippen LogP contribution >= 0.6 is 0 Å². The van der Waals surface area contributed by atoms with Crippen molar-refractivity contribution in [1.82, 2.24) is 0 Å². The van der Waals surface area contributed by atoms with E-state index in [4.69, 9.17) is 4.74 Å². The summed E-state index contributed by atoms with van der Waals surface area (Å²) in [6, 6.07) is 9.88. The van der Waals surface area contributed by atoms with Gasteiger partial charge in [0.15, 0.2) is 0 Å². The molecule has 2 heteroatoms. The Labute approximate surface area is 185 Å². The molecule has 0 heterocycles. The van der Waals surface area contributed by atoms with Crippen molar-refractivity contribution in [3.63, 3.8) is 0 Å². The zero-order valence-corrected chi connectivity index (χ0v) is 20.6. The molecule has 2 rings (SSSR count). The first-order valence-electron chi connectivity index (χ1n) is 9.83. The molecule has 0 bridgehead atoms. The van der Waals surface area contributed by atoms with Crippen LogP contribution in [0.5, 0.6) is 5.75 Å². The Morgan fingerprint density at radius 3 is 2.07 bits per heavy atom. The topological polar surface area (TPSA) is 9.23 Å². The molecule has 0 fully saturated rings. The molecule has 0 aliphatic heterocycles. The van der Waals surface area contributed by atoms with Crippen LogP contribution in [0.1, 0.15) is 61.8 Å². The maximum atomic E-state index is 5.62. The molecule has 151 valence electrons. The molecule has 0 saturated heterocycles. The van der Waals surface area contributed by atoms with Crippen LogP contribution in [0, 0.1) is 11.5 Å². The van der Waals surface area contributed by atoms with E-state index in [1.807, 2.05) is 37.3 Å². The second-order valence-corrected chi connectivity index (χ2v) is 9.65. The van der Waals surface area contributed by atoms with E-state index in [0.717, 1.165) is 12.2 Å². The third-order valence-electron chi connectivity index (χ3n) is 3.70. The third-order valence-corrected chi connectivity index (χ3v) is 3.70. The number of benzene rings is 1. The van der Waals surface area contributed by atoms with Crippen molar-refractivity contribution in [3.8, 4) is 5.75 Å². The predicted octanol–water partition coefficient (Wildman–Crippen LogP) is 7.45. The molecule has 1 aliphatic carbocycles. The molecule has 1 nitrogen and oxygen atoms in total. The summed E-state index contributed by atoms with van der Waals surface area (Å²) in [6.07, 6.45) is 12.7. The summed E-state index contributed by atoms with van der Waals surface area (Å²) in [5, 5.41) is 0. The molecule has 0 aromatic heterocycles. The normalized spacial score (nSPS) is 13.7. The van der Waals surface area contributed by atoms with Gasteiger partial charge in [0.2, 0.25) is 0 Å². The summed E-state index contributed by atoms with van der Waals surface area (Å²) in [5.41, 5.74) is 4.24. The molecule has 0 N–H and O–H groups in total. The second-order valence-electron chi connectivity index (χ2n) is 8.09. The van der Waals surface area contributed by atoms with Crippen LogP contribution in [-0.2, 0) is 20.0 Å². The predicted molar refractivity (Wildman–Crippen MR) is 121 cm³/mol. The molecule has 0 atom stereocenters. The van der Waals surface area contributed by atoms with E-state index in [-0.39, 0.29) is 0 Å². The van der Waals surface area contributed by atoms with Gasteiger partial charge in [-0.05, 0) is 38.5 Å². The SMILES string of the molecule is CC(C)(C)C1=CC[C-]=C1.CC=C(C)C=C(C)COc1ccccc1.C[C](C)=[Ti+]. The van der Waals surface area contributed by atoms with Crippen LogP contribution in [0.15, 0.2) is 71.4 Å². The molecule has 0 amide bonds. The van der Waals surface area contributed by atoms with Gasteiger partial charge >= 0.3 is 37.6 Å². The molecule has 1 aliphatic rings. The van der Waals surface area contributed by atoms with Crippen molar-refractivity contribution < 1.29 is 24.7 Å². The molecule has 0 saturated carbocycles. The monoisotopic (exact) mass is 413 g/mol. The summed E-state index contributed by atoms with van der Waals surface area (Å²) in [7, 11) is 0. The fourth-order valence-corrected chi connectivity index (χ4v) is 2.15. The minimum atomic E-state index is 0.323. The van der Waals surface area contributed by atoms with Crippen molar-refractivity contribution >= 4 is 3.81 Å².